The van der Waals surface area contributed by atoms with Gasteiger partial charge in [0.05, 0.1) is 6.61 Å². The van der Waals surface area contributed by atoms with E-state index in [2.05, 4.69) is 15.6 Å². The number of ether oxygens (including phenoxy) is 1. The van der Waals surface area contributed by atoms with Gasteiger partial charge in [-0.3, -0.25) is 4.79 Å². The monoisotopic (exact) mass is 341 g/mol. The van der Waals surface area contributed by atoms with E-state index in [1.165, 1.54) is 24.3 Å². The van der Waals surface area contributed by atoms with Gasteiger partial charge in [0, 0.05) is 11.1 Å². The summed E-state index contributed by atoms with van der Waals surface area (Å²) in [7, 11) is 0. The molecular weight excluding hydrogens is 325 g/mol. The quantitative estimate of drug-likeness (QED) is 0.763. The number of carbonyl (C=O) groups excluding carboxylic acids is 1. The van der Waals surface area contributed by atoms with Crippen molar-refractivity contribution in [2.45, 2.75) is 13.8 Å². The number of hydrogen-bond donors (Lipinski definition) is 1. The maximum atomic E-state index is 13.0. The Morgan fingerprint density at radius 2 is 1.96 bits per heavy atom. The molecule has 0 aliphatic heterocycles. The summed E-state index contributed by atoms with van der Waals surface area (Å²) in [5.41, 5.74) is 2.37. The van der Waals surface area contributed by atoms with Crippen LogP contribution in [0.15, 0.2) is 47.1 Å². The number of halogens is 1. The number of aryl methyl sites for hydroxylation is 1. The summed E-state index contributed by atoms with van der Waals surface area (Å²) in [6.45, 7) is 4.40. The standard InChI is InChI=1S/C18H16FN3O3/c1-3-24-15-9-6-13(10-11(15)2)16-17(22-25-21-16)20-18(23)12-4-7-14(19)8-5-12/h4-10H,3H2,1-2H3,(H,20,22,23). The molecule has 0 aliphatic rings. The zero-order valence-corrected chi connectivity index (χ0v) is 13.7. The summed E-state index contributed by atoms with van der Waals surface area (Å²) < 4.78 is 23.2. The van der Waals surface area contributed by atoms with Crippen molar-refractivity contribution in [1.29, 1.82) is 0 Å². The minimum Gasteiger partial charge on any atom is -0.494 e. The third-order valence-corrected chi connectivity index (χ3v) is 3.58. The fourth-order valence-electron chi connectivity index (χ4n) is 2.36. The van der Waals surface area contributed by atoms with Crippen LogP contribution in [-0.2, 0) is 0 Å². The molecule has 0 unspecified atom stereocenters. The molecule has 1 N–H and O–H groups in total. The second kappa shape index (κ2) is 7.12. The van der Waals surface area contributed by atoms with E-state index in [-0.39, 0.29) is 5.82 Å². The van der Waals surface area contributed by atoms with Gasteiger partial charge in [0.1, 0.15) is 11.6 Å². The first-order valence-electron chi connectivity index (χ1n) is 7.71. The molecule has 3 rings (SSSR count). The average Bonchev–Trinajstić information content (AvgIpc) is 3.05. The Morgan fingerprint density at radius 3 is 2.64 bits per heavy atom. The van der Waals surface area contributed by atoms with Gasteiger partial charge >= 0.3 is 0 Å². The fraction of sp³-hybridized carbons (Fsp3) is 0.167. The highest BCUT2D eigenvalue weighted by Gasteiger charge is 2.17. The van der Waals surface area contributed by atoms with E-state index in [0.29, 0.717) is 17.9 Å². The van der Waals surface area contributed by atoms with E-state index in [0.717, 1.165) is 16.9 Å². The van der Waals surface area contributed by atoms with Crippen LogP contribution < -0.4 is 10.1 Å². The molecule has 2 aromatic carbocycles. The van der Waals surface area contributed by atoms with Crippen molar-refractivity contribution in [3.63, 3.8) is 0 Å². The largest absolute Gasteiger partial charge is 0.494 e. The number of aromatic nitrogens is 2. The van der Waals surface area contributed by atoms with Crippen molar-refractivity contribution in [2.75, 3.05) is 11.9 Å². The van der Waals surface area contributed by atoms with Crippen molar-refractivity contribution in [3.8, 4) is 17.0 Å². The summed E-state index contributed by atoms with van der Waals surface area (Å²) in [5, 5.41) is 10.2. The van der Waals surface area contributed by atoms with Crippen LogP contribution in [0.25, 0.3) is 11.3 Å². The highest BCUT2D eigenvalue weighted by Crippen LogP contribution is 2.29. The van der Waals surface area contributed by atoms with Gasteiger partial charge in [-0.15, -0.1) is 0 Å². The summed E-state index contributed by atoms with van der Waals surface area (Å²) in [6, 6.07) is 10.7. The number of nitrogens with zero attached hydrogens (tertiary/aromatic N) is 2. The first-order chi connectivity index (χ1) is 12.1. The molecule has 0 radical (unpaired) electrons. The van der Waals surface area contributed by atoms with E-state index in [9.17, 15) is 9.18 Å². The molecule has 0 bridgehead atoms. The van der Waals surface area contributed by atoms with Crippen LogP contribution in [0.3, 0.4) is 0 Å². The average molecular weight is 341 g/mol. The molecule has 25 heavy (non-hydrogen) atoms. The Bertz CT molecular complexity index is 891. The summed E-state index contributed by atoms with van der Waals surface area (Å²) in [5.74, 6) is 0.127. The van der Waals surface area contributed by atoms with E-state index in [1.807, 2.05) is 32.0 Å². The van der Waals surface area contributed by atoms with Crippen molar-refractivity contribution in [1.82, 2.24) is 10.3 Å². The lowest BCUT2D eigenvalue weighted by molar-refractivity contribution is 0.102. The van der Waals surface area contributed by atoms with Gasteiger partial charge < -0.3 is 10.1 Å². The number of amides is 1. The molecule has 0 fully saturated rings. The molecular formula is C18H16FN3O3. The lowest BCUT2D eigenvalue weighted by Crippen LogP contribution is -2.12. The SMILES string of the molecule is CCOc1ccc(-c2nonc2NC(=O)c2ccc(F)cc2)cc1C. The van der Waals surface area contributed by atoms with Crippen molar-refractivity contribution < 1.29 is 18.6 Å². The molecule has 1 heterocycles. The van der Waals surface area contributed by atoms with Crippen LogP contribution in [0, 0.1) is 12.7 Å². The maximum absolute atomic E-state index is 13.0. The molecule has 6 nitrogen and oxygen atoms in total. The van der Waals surface area contributed by atoms with Gasteiger partial charge in [-0.1, -0.05) is 0 Å². The minimum atomic E-state index is -0.431. The molecule has 0 spiro atoms. The lowest BCUT2D eigenvalue weighted by atomic mass is 10.1. The van der Waals surface area contributed by atoms with Crippen molar-refractivity contribution in [3.05, 3.63) is 59.4 Å². The lowest BCUT2D eigenvalue weighted by Gasteiger charge is -2.08. The smallest absolute Gasteiger partial charge is 0.256 e. The van der Waals surface area contributed by atoms with Crippen molar-refractivity contribution >= 4 is 11.7 Å². The highest BCUT2D eigenvalue weighted by molar-refractivity contribution is 6.05. The Kier molecular flexibility index (Phi) is 4.74. The van der Waals surface area contributed by atoms with Gasteiger partial charge in [-0.25, -0.2) is 9.02 Å². The first-order valence-corrected chi connectivity index (χ1v) is 7.71. The first kappa shape index (κ1) is 16.6. The number of hydrogen-bond acceptors (Lipinski definition) is 5. The minimum absolute atomic E-state index is 0.192. The highest BCUT2D eigenvalue weighted by atomic mass is 19.1. The Balaban J connectivity index is 1.84. The van der Waals surface area contributed by atoms with Crippen LogP contribution in [0.1, 0.15) is 22.8 Å². The molecule has 7 heteroatoms. The van der Waals surface area contributed by atoms with Gasteiger partial charge in [-0.2, -0.15) is 0 Å². The third kappa shape index (κ3) is 3.65. The second-order valence-electron chi connectivity index (χ2n) is 5.34. The zero-order valence-electron chi connectivity index (χ0n) is 13.7. The van der Waals surface area contributed by atoms with Crippen LogP contribution >= 0.6 is 0 Å². The van der Waals surface area contributed by atoms with E-state index >= 15 is 0 Å². The molecule has 0 aliphatic carbocycles. The van der Waals surface area contributed by atoms with Crippen LogP contribution in [0.2, 0.25) is 0 Å². The van der Waals surface area contributed by atoms with Crippen LogP contribution in [-0.4, -0.2) is 22.8 Å². The summed E-state index contributed by atoms with van der Waals surface area (Å²) in [6.07, 6.45) is 0. The number of carbonyl (C=O) groups is 1. The Labute approximate surface area is 143 Å². The van der Waals surface area contributed by atoms with Crippen LogP contribution in [0.5, 0.6) is 5.75 Å². The second-order valence-corrected chi connectivity index (χ2v) is 5.34. The normalized spacial score (nSPS) is 10.5. The van der Waals surface area contributed by atoms with Gasteiger partial charge in [0.2, 0.25) is 5.82 Å². The molecule has 1 aromatic heterocycles. The fourth-order valence-corrected chi connectivity index (χ4v) is 2.36. The number of rotatable bonds is 5. The predicted octanol–water partition coefficient (Wildman–Crippen LogP) is 3.84. The number of benzene rings is 2. The maximum Gasteiger partial charge on any atom is 0.256 e. The Morgan fingerprint density at radius 1 is 1.20 bits per heavy atom. The number of anilines is 1. The van der Waals surface area contributed by atoms with Crippen LogP contribution in [0.4, 0.5) is 10.2 Å². The van der Waals surface area contributed by atoms with E-state index in [1.54, 1.807) is 0 Å². The summed E-state index contributed by atoms with van der Waals surface area (Å²) in [4.78, 5) is 12.3. The molecule has 1 amide bonds. The number of nitrogens with one attached hydrogen (secondary N) is 1. The van der Waals surface area contributed by atoms with Gasteiger partial charge in [0.25, 0.3) is 5.91 Å². The topological polar surface area (TPSA) is 77.2 Å². The Hall–Kier alpha value is -3.22. The predicted molar refractivity (Wildman–Crippen MR) is 90.0 cm³/mol. The zero-order chi connectivity index (χ0) is 17.8. The molecule has 0 saturated heterocycles. The molecule has 0 saturated carbocycles. The van der Waals surface area contributed by atoms with Gasteiger partial charge in [-0.05, 0) is 72.2 Å². The summed E-state index contributed by atoms with van der Waals surface area (Å²) >= 11 is 0. The molecule has 128 valence electrons. The van der Waals surface area contributed by atoms with E-state index < -0.39 is 11.7 Å². The van der Waals surface area contributed by atoms with Crippen molar-refractivity contribution in [2.24, 2.45) is 0 Å². The van der Waals surface area contributed by atoms with E-state index in [4.69, 9.17) is 9.37 Å². The third-order valence-electron chi connectivity index (χ3n) is 3.58. The molecule has 0 atom stereocenters. The molecule has 3 aromatic rings. The van der Waals surface area contributed by atoms with Gasteiger partial charge in [0.15, 0.2) is 5.69 Å².